The molecule has 8 nitrogen and oxygen atoms in total. The summed E-state index contributed by atoms with van der Waals surface area (Å²) in [5, 5.41) is -1.36. The zero-order valence-electron chi connectivity index (χ0n) is 9.96. The molecule has 11 heteroatoms. The minimum atomic E-state index is -4.21. The van der Waals surface area contributed by atoms with Crippen molar-refractivity contribution in [2.75, 3.05) is 12.3 Å². The maximum Gasteiger partial charge on any atom is 0.472 e. The van der Waals surface area contributed by atoms with Crippen LogP contribution >= 0.6 is 19.6 Å². The van der Waals surface area contributed by atoms with E-state index in [1.165, 1.54) is 12.3 Å². The number of nitrogens with two attached hydrogens (primary N) is 1. The second kappa shape index (κ2) is 4.81. The average molecular weight is 323 g/mol. The van der Waals surface area contributed by atoms with Gasteiger partial charge in [-0.2, -0.15) is 4.98 Å². The van der Waals surface area contributed by atoms with Gasteiger partial charge in [-0.05, 0) is 6.07 Å². The summed E-state index contributed by atoms with van der Waals surface area (Å²) < 4.78 is 36.2. The molecule has 2 fully saturated rings. The molecule has 2 unspecified atom stereocenters. The molecule has 0 spiro atoms. The van der Waals surface area contributed by atoms with Crippen molar-refractivity contribution < 1.29 is 22.9 Å². The summed E-state index contributed by atoms with van der Waals surface area (Å²) in [5.41, 5.74) is 4.69. The van der Waals surface area contributed by atoms with Gasteiger partial charge in [-0.1, -0.05) is 0 Å². The summed E-state index contributed by atoms with van der Waals surface area (Å²) in [6.07, 6.45) is -1.39. The van der Waals surface area contributed by atoms with E-state index < -0.39 is 36.4 Å². The van der Waals surface area contributed by atoms with Crippen molar-refractivity contribution in [3.05, 3.63) is 22.7 Å². The van der Waals surface area contributed by atoms with E-state index in [2.05, 4.69) is 9.51 Å². The lowest BCUT2D eigenvalue weighted by atomic mass is 10.1. The van der Waals surface area contributed by atoms with Crippen LogP contribution in [0, 0.1) is 0 Å². The van der Waals surface area contributed by atoms with Crippen LogP contribution in [0.15, 0.2) is 17.1 Å². The van der Waals surface area contributed by atoms with Crippen LogP contribution in [-0.2, 0) is 13.6 Å². The highest BCUT2D eigenvalue weighted by Gasteiger charge is 2.53. The van der Waals surface area contributed by atoms with Crippen molar-refractivity contribution in [1.29, 1.82) is 0 Å². The second-order valence-corrected chi connectivity index (χ2v) is 7.15. The first-order chi connectivity index (χ1) is 9.37. The number of phosphoric acid groups is 1. The number of phosphoric ester groups is 1. The maximum absolute atomic E-state index is 14.4. The molecule has 1 aromatic rings. The summed E-state index contributed by atoms with van der Waals surface area (Å²) in [6.45, 7) is -0.114. The number of rotatable bonds is 1. The number of anilines is 1. The molecular weight excluding hydrogens is 312 g/mol. The predicted molar refractivity (Wildman–Crippen MR) is 68.9 cm³/mol. The van der Waals surface area contributed by atoms with Gasteiger partial charge < -0.3 is 10.6 Å². The number of alkyl halides is 1. The van der Waals surface area contributed by atoms with Crippen LogP contribution in [0.5, 0.6) is 0 Å². The number of hydrogen-bond acceptors (Lipinski definition) is 7. The van der Waals surface area contributed by atoms with E-state index in [9.17, 15) is 18.6 Å². The molecule has 2 saturated heterocycles. The third kappa shape index (κ3) is 2.38. The third-order valence-electron chi connectivity index (χ3n) is 3.05. The highest BCUT2D eigenvalue weighted by Crippen LogP contribution is 2.57. The Morgan fingerprint density at radius 2 is 2.40 bits per heavy atom. The van der Waals surface area contributed by atoms with E-state index in [0.717, 1.165) is 16.3 Å². The van der Waals surface area contributed by atoms with E-state index in [1.54, 1.807) is 0 Å². The normalized spacial score (nSPS) is 40.5. The van der Waals surface area contributed by atoms with Gasteiger partial charge in [0.15, 0.2) is 6.17 Å². The molecule has 2 aliphatic rings. The second-order valence-electron chi connectivity index (χ2n) is 4.39. The van der Waals surface area contributed by atoms with E-state index in [1.807, 2.05) is 0 Å². The first kappa shape index (κ1) is 14.0. The van der Waals surface area contributed by atoms with Crippen molar-refractivity contribution in [1.82, 2.24) is 9.55 Å². The zero-order chi connectivity index (χ0) is 14.5. The van der Waals surface area contributed by atoms with Crippen LogP contribution in [0.3, 0.4) is 0 Å². The minimum absolute atomic E-state index is 0.0431. The number of nitrogen functional groups attached to an aromatic ring is 1. The van der Waals surface area contributed by atoms with E-state index in [-0.39, 0.29) is 12.4 Å². The number of hydrogen-bond donors (Lipinski definition) is 2. The first-order valence-electron chi connectivity index (χ1n) is 5.67. The van der Waals surface area contributed by atoms with E-state index in [0.29, 0.717) is 0 Å². The fourth-order valence-corrected chi connectivity index (χ4v) is 4.78. The average Bonchev–Trinajstić information content (AvgIpc) is 2.66. The molecule has 3 N–H and O–H groups in total. The van der Waals surface area contributed by atoms with Crippen LogP contribution in [0.1, 0.15) is 5.37 Å². The van der Waals surface area contributed by atoms with Gasteiger partial charge >= 0.3 is 13.5 Å². The molecule has 0 aliphatic carbocycles. The number of halogens is 1. The van der Waals surface area contributed by atoms with Crippen molar-refractivity contribution in [2.45, 2.75) is 22.9 Å². The third-order valence-corrected chi connectivity index (χ3v) is 5.55. The Kier molecular flexibility index (Phi) is 3.38. The van der Waals surface area contributed by atoms with Crippen molar-refractivity contribution in [2.24, 2.45) is 0 Å². The number of thioether (sulfide) groups is 1. The van der Waals surface area contributed by atoms with Crippen LogP contribution in [0.4, 0.5) is 10.2 Å². The molecule has 0 aromatic carbocycles. The molecule has 0 saturated carbocycles. The Morgan fingerprint density at radius 3 is 3.10 bits per heavy atom. The lowest BCUT2D eigenvalue weighted by Gasteiger charge is -2.28. The molecule has 3 rings (SSSR count). The van der Waals surface area contributed by atoms with Gasteiger partial charge in [0, 0.05) is 6.20 Å². The summed E-state index contributed by atoms with van der Waals surface area (Å²) in [6, 6.07) is 1.38. The standard InChI is InChI=1S/C9H11FN3O5PS/c10-6-7-4(3-17-19(15,16)18-7)20-8(6)13-2-1-5(11)12-9(13)14/h1-2,4,6-8H,3H2,(H,15,16)(H2,11,12,14)/t4?,6-,7+,8+/m0/s1. The number of aromatic nitrogens is 2. The highest BCUT2D eigenvalue weighted by molar-refractivity contribution is 8.00. The minimum Gasteiger partial charge on any atom is -0.383 e. The Hall–Kier alpha value is -0.930. The Morgan fingerprint density at radius 1 is 1.65 bits per heavy atom. The van der Waals surface area contributed by atoms with Gasteiger partial charge in [-0.3, -0.25) is 13.6 Å². The monoisotopic (exact) mass is 323 g/mol. The highest BCUT2D eigenvalue weighted by atomic mass is 32.2. The van der Waals surface area contributed by atoms with Gasteiger partial charge in [0.2, 0.25) is 0 Å². The van der Waals surface area contributed by atoms with Crippen molar-refractivity contribution in [3.63, 3.8) is 0 Å². The molecule has 0 amide bonds. The largest absolute Gasteiger partial charge is 0.472 e. The van der Waals surface area contributed by atoms with Crippen LogP contribution in [0.25, 0.3) is 0 Å². The van der Waals surface area contributed by atoms with Crippen LogP contribution < -0.4 is 11.4 Å². The molecule has 0 radical (unpaired) electrons. The number of fused-ring (bicyclic) bond motifs is 1. The fraction of sp³-hybridized carbons (Fsp3) is 0.556. The van der Waals surface area contributed by atoms with E-state index in [4.69, 9.17) is 10.3 Å². The molecule has 3 heterocycles. The first-order valence-corrected chi connectivity index (χ1v) is 8.11. The smallest absolute Gasteiger partial charge is 0.383 e. The van der Waals surface area contributed by atoms with E-state index >= 15 is 0 Å². The molecule has 110 valence electrons. The Balaban J connectivity index is 1.90. The summed E-state index contributed by atoms with van der Waals surface area (Å²) in [5.74, 6) is 0.0431. The Bertz CT molecular complexity index is 642. The molecular formula is C9H11FN3O5PS. The van der Waals surface area contributed by atoms with Gasteiger partial charge in [-0.25, -0.2) is 13.8 Å². The number of nitrogens with zero attached hydrogens (tertiary/aromatic N) is 2. The van der Waals surface area contributed by atoms with Crippen molar-refractivity contribution in [3.8, 4) is 0 Å². The predicted octanol–water partition coefficient (Wildman–Crippen LogP) is 0.293. The Labute approximate surface area is 116 Å². The summed E-state index contributed by atoms with van der Waals surface area (Å²) >= 11 is 1.10. The van der Waals surface area contributed by atoms with Crippen LogP contribution in [0.2, 0.25) is 0 Å². The topological polar surface area (TPSA) is 117 Å². The molecule has 20 heavy (non-hydrogen) atoms. The SMILES string of the molecule is Nc1ccn([C@@H]2SC3COP(=O)(O)O[C@H]3[C@@H]2F)c(=O)n1. The summed E-state index contributed by atoms with van der Waals surface area (Å²) in [7, 11) is -4.21. The molecule has 1 aromatic heterocycles. The maximum atomic E-state index is 14.4. The summed E-state index contributed by atoms with van der Waals surface area (Å²) in [4.78, 5) is 24.5. The molecule has 2 aliphatic heterocycles. The molecule has 5 atom stereocenters. The van der Waals surface area contributed by atoms with Gasteiger partial charge in [0.25, 0.3) is 0 Å². The van der Waals surface area contributed by atoms with Gasteiger partial charge in [0.1, 0.15) is 17.3 Å². The molecule has 0 bridgehead atoms. The van der Waals surface area contributed by atoms with Gasteiger partial charge in [0.05, 0.1) is 11.9 Å². The zero-order valence-corrected chi connectivity index (χ0v) is 11.7. The van der Waals surface area contributed by atoms with Gasteiger partial charge in [-0.15, -0.1) is 11.8 Å². The quantitative estimate of drug-likeness (QED) is 0.709. The fourth-order valence-electron chi connectivity index (χ4n) is 2.15. The lowest BCUT2D eigenvalue weighted by molar-refractivity contribution is 0.0131. The van der Waals surface area contributed by atoms with Crippen LogP contribution in [-0.4, -0.2) is 38.6 Å². The van der Waals surface area contributed by atoms with Crippen molar-refractivity contribution >= 4 is 25.4 Å². The lowest BCUT2D eigenvalue weighted by Crippen LogP contribution is -2.37.